The Kier molecular flexibility index (Phi) is 15.5. The molecule has 0 aliphatic heterocycles. The quantitative estimate of drug-likeness (QED) is 0.351. The fraction of sp³-hybridized carbons (Fsp3) is 0. The first-order valence-electron chi connectivity index (χ1n) is 1.63. The summed E-state index contributed by atoms with van der Waals surface area (Å²) in [5.74, 6) is 0. The number of hydrogen-bond donors (Lipinski definition) is 0. The third-order valence-corrected chi connectivity index (χ3v) is 0.0962. The van der Waals surface area contributed by atoms with Gasteiger partial charge in [-0.2, -0.15) is 0 Å². The van der Waals surface area contributed by atoms with Crippen LogP contribution in [0.2, 0.25) is 0 Å². The zero-order chi connectivity index (χ0) is 6.99. The van der Waals surface area contributed by atoms with Crippen LogP contribution in [-0.2, 0) is 4.79 Å². The number of halogens is 3. The highest BCUT2D eigenvalue weighted by molar-refractivity contribution is 7.54. The zero-order valence-corrected chi connectivity index (χ0v) is 7.40. The second-order valence-electron chi connectivity index (χ2n) is 0.619. The van der Waals surface area contributed by atoms with Gasteiger partial charge in [0.2, 0.25) is 0 Å². The van der Waals surface area contributed by atoms with Crippen LogP contribution in [0.5, 0.6) is 0 Å². The van der Waals surface area contributed by atoms with Crippen LogP contribution in [0.3, 0.4) is 0 Å². The van der Waals surface area contributed by atoms with Crippen LogP contribution in [0.4, 0.5) is 0 Å². The molecule has 46 valence electrons. The lowest BCUT2D eigenvalue weighted by Crippen LogP contribution is -1.66. The minimum absolute atomic E-state index is 0.639. The van der Waals surface area contributed by atoms with E-state index in [1.165, 1.54) is 6.08 Å². The van der Waals surface area contributed by atoms with Crippen LogP contribution in [0, 0.1) is 0 Å². The number of aldehydes is 1. The smallest absolute Gasteiger partial charge is 0.299 e. The molecular formula is C3H4AlCl3O. The summed E-state index contributed by atoms with van der Waals surface area (Å²) in [5, 5.41) is 0. The van der Waals surface area contributed by atoms with E-state index in [9.17, 15) is 0 Å². The molecular weight excluding hydrogens is 185 g/mol. The van der Waals surface area contributed by atoms with Crippen molar-refractivity contribution in [1.29, 1.82) is 0 Å². The van der Waals surface area contributed by atoms with Crippen molar-refractivity contribution in [2.24, 2.45) is 0 Å². The van der Waals surface area contributed by atoms with Crippen molar-refractivity contribution >= 4 is 47.8 Å². The Morgan fingerprint density at radius 1 is 1.38 bits per heavy atom. The maximum Gasteiger partial charge on any atom is 0.643 e. The maximum absolute atomic E-state index is 9.06. The first kappa shape index (κ1) is 11.6. The van der Waals surface area contributed by atoms with E-state index in [0.717, 1.165) is 0 Å². The molecule has 0 fully saturated rings. The van der Waals surface area contributed by atoms with Crippen molar-refractivity contribution < 1.29 is 4.79 Å². The minimum atomic E-state index is -1.72. The predicted molar refractivity (Wildman–Crippen MR) is 39.6 cm³/mol. The molecule has 0 unspecified atom stereocenters. The SMILES string of the molecule is C=CC=O.[Cl][Al]([Cl])[Cl]. The van der Waals surface area contributed by atoms with E-state index < -0.39 is 11.4 Å². The topological polar surface area (TPSA) is 17.1 Å². The first-order valence-corrected chi connectivity index (χ1v) is 6.87. The van der Waals surface area contributed by atoms with Gasteiger partial charge in [0.1, 0.15) is 6.29 Å². The van der Waals surface area contributed by atoms with Crippen molar-refractivity contribution in [3.05, 3.63) is 12.7 Å². The van der Waals surface area contributed by atoms with E-state index in [0.29, 0.717) is 6.29 Å². The Balaban J connectivity index is 0. The second-order valence-corrected chi connectivity index (χ2v) is 7.05. The third kappa shape index (κ3) is 70.1. The highest BCUT2D eigenvalue weighted by atomic mass is 35.8. The molecule has 0 N–H and O–H groups in total. The van der Waals surface area contributed by atoms with Crippen LogP contribution >= 0.6 is 30.1 Å². The van der Waals surface area contributed by atoms with E-state index in [-0.39, 0.29) is 0 Å². The highest BCUT2D eigenvalue weighted by Crippen LogP contribution is 1.97. The standard InChI is InChI=1S/C3H4O.Al.3ClH/c1-2-3-4;;;;/h2-3H,1H2;;3*1H/q;+3;;;/p-3. The maximum atomic E-state index is 9.06. The minimum Gasteiger partial charge on any atom is -0.299 e. The molecule has 8 heavy (non-hydrogen) atoms. The molecule has 0 aliphatic carbocycles. The van der Waals surface area contributed by atoms with Gasteiger partial charge in [0.05, 0.1) is 0 Å². The van der Waals surface area contributed by atoms with E-state index in [1.807, 2.05) is 0 Å². The van der Waals surface area contributed by atoms with Crippen molar-refractivity contribution in [3.8, 4) is 0 Å². The lowest BCUT2D eigenvalue weighted by atomic mass is 10.8. The molecule has 0 aromatic carbocycles. The molecule has 5 heteroatoms. The summed E-state index contributed by atoms with van der Waals surface area (Å²) >= 11 is -1.72. The van der Waals surface area contributed by atoms with Gasteiger partial charge in [0, 0.05) is 0 Å². The Labute approximate surface area is 65.2 Å². The molecule has 0 aromatic rings. The zero-order valence-electron chi connectivity index (χ0n) is 3.98. The largest absolute Gasteiger partial charge is 0.643 e. The molecule has 0 amide bonds. The molecule has 0 bridgehead atoms. The van der Waals surface area contributed by atoms with Gasteiger partial charge in [-0.1, -0.05) is 6.58 Å². The van der Waals surface area contributed by atoms with Gasteiger partial charge in [0.15, 0.2) is 0 Å². The fourth-order valence-corrected chi connectivity index (χ4v) is 0. The van der Waals surface area contributed by atoms with E-state index in [1.54, 1.807) is 0 Å². The Hall–Kier alpha value is 0.812. The summed E-state index contributed by atoms with van der Waals surface area (Å²) in [6.45, 7) is 3.11. The van der Waals surface area contributed by atoms with Gasteiger partial charge in [-0.15, -0.1) is 0 Å². The van der Waals surface area contributed by atoms with Crippen molar-refractivity contribution in [1.82, 2.24) is 0 Å². The molecule has 0 saturated carbocycles. The summed E-state index contributed by atoms with van der Waals surface area (Å²) < 4.78 is 0. The van der Waals surface area contributed by atoms with Gasteiger partial charge < -0.3 is 0 Å². The molecule has 0 atom stereocenters. The van der Waals surface area contributed by atoms with Crippen molar-refractivity contribution in [2.45, 2.75) is 0 Å². The van der Waals surface area contributed by atoms with Gasteiger partial charge in [0.25, 0.3) is 0 Å². The fourth-order valence-electron chi connectivity index (χ4n) is 0. The highest BCUT2D eigenvalue weighted by Gasteiger charge is 2.00. The predicted octanol–water partition coefficient (Wildman–Crippen LogP) is 2.06. The van der Waals surface area contributed by atoms with Gasteiger partial charge in [-0.3, -0.25) is 4.79 Å². The Bertz CT molecular complexity index is 56.8. The van der Waals surface area contributed by atoms with Gasteiger partial charge in [-0.25, -0.2) is 30.1 Å². The number of hydrogen-bond acceptors (Lipinski definition) is 1. The molecule has 0 radical (unpaired) electrons. The average molecular weight is 189 g/mol. The summed E-state index contributed by atoms with van der Waals surface area (Å²) in [6, 6.07) is 0. The van der Waals surface area contributed by atoms with E-state index in [2.05, 4.69) is 6.58 Å². The Morgan fingerprint density at radius 3 is 1.50 bits per heavy atom. The van der Waals surface area contributed by atoms with Crippen LogP contribution < -0.4 is 0 Å². The van der Waals surface area contributed by atoms with E-state index in [4.69, 9.17) is 34.9 Å². The number of carbonyl (C=O) groups is 1. The average Bonchev–Trinajstić information content (AvgIpc) is 1.65. The molecule has 1 nitrogen and oxygen atoms in total. The monoisotopic (exact) mass is 188 g/mol. The number of carbonyl (C=O) groups excluding carboxylic acids is 1. The molecule has 0 heterocycles. The van der Waals surface area contributed by atoms with Crippen LogP contribution in [0.25, 0.3) is 0 Å². The molecule has 0 saturated heterocycles. The van der Waals surface area contributed by atoms with Gasteiger partial charge >= 0.3 is 11.4 Å². The second kappa shape index (κ2) is 10.7. The van der Waals surface area contributed by atoms with Crippen molar-refractivity contribution in [3.63, 3.8) is 0 Å². The summed E-state index contributed by atoms with van der Waals surface area (Å²) in [7, 11) is 14.8. The van der Waals surface area contributed by atoms with Crippen molar-refractivity contribution in [2.75, 3.05) is 0 Å². The first-order chi connectivity index (χ1) is 3.65. The van der Waals surface area contributed by atoms with Crippen LogP contribution in [0.15, 0.2) is 12.7 Å². The molecule has 0 aromatic heterocycles. The third-order valence-electron chi connectivity index (χ3n) is 0.0962. The molecule has 0 aliphatic rings. The normalized spacial score (nSPS) is 5.88. The lowest BCUT2D eigenvalue weighted by molar-refractivity contribution is -0.104. The summed E-state index contributed by atoms with van der Waals surface area (Å²) in [6.07, 6.45) is 1.83. The summed E-state index contributed by atoms with van der Waals surface area (Å²) in [4.78, 5) is 9.06. The van der Waals surface area contributed by atoms with Crippen LogP contribution in [0.1, 0.15) is 0 Å². The Morgan fingerprint density at radius 2 is 1.50 bits per heavy atom. The number of allylic oxidation sites excluding steroid dienone is 1. The summed E-state index contributed by atoms with van der Waals surface area (Å²) in [5.41, 5.74) is 0. The number of rotatable bonds is 1. The van der Waals surface area contributed by atoms with Gasteiger partial charge in [-0.05, 0) is 6.08 Å². The van der Waals surface area contributed by atoms with Crippen LogP contribution in [-0.4, -0.2) is 17.7 Å². The lowest BCUT2D eigenvalue weighted by Gasteiger charge is -1.57. The van der Waals surface area contributed by atoms with E-state index >= 15 is 0 Å². The molecule has 0 spiro atoms. The molecule has 0 rings (SSSR count).